The summed E-state index contributed by atoms with van der Waals surface area (Å²) in [5.74, 6) is -2.76. The van der Waals surface area contributed by atoms with Gasteiger partial charge in [-0.15, -0.1) is 0 Å². The van der Waals surface area contributed by atoms with Gasteiger partial charge in [0.25, 0.3) is 0 Å². The average molecular weight is 247 g/mol. The van der Waals surface area contributed by atoms with Crippen LogP contribution < -0.4 is 5.73 Å². The van der Waals surface area contributed by atoms with Crippen LogP contribution in [0, 0.1) is 11.8 Å². The summed E-state index contributed by atoms with van der Waals surface area (Å²) in [4.78, 5) is 21.4. The SMILES string of the molecule is NC(=O)C1C=CCCC1C(=O)O.c1ccccc1. The van der Waals surface area contributed by atoms with E-state index in [0.29, 0.717) is 12.8 Å². The number of carbonyl (C=O) groups excluding carboxylic acids is 1. The highest BCUT2D eigenvalue weighted by Crippen LogP contribution is 2.24. The number of hydrogen-bond donors (Lipinski definition) is 2. The molecular weight excluding hydrogens is 230 g/mol. The molecule has 3 N–H and O–H groups in total. The third-order valence-corrected chi connectivity index (χ3v) is 2.73. The van der Waals surface area contributed by atoms with Gasteiger partial charge in [-0.3, -0.25) is 9.59 Å². The van der Waals surface area contributed by atoms with Crippen LogP contribution in [0.2, 0.25) is 0 Å². The summed E-state index contributed by atoms with van der Waals surface area (Å²) in [6, 6.07) is 12.0. The molecule has 0 aliphatic heterocycles. The lowest BCUT2D eigenvalue weighted by Crippen LogP contribution is -2.34. The average Bonchev–Trinajstić information content (AvgIpc) is 2.41. The number of carbonyl (C=O) groups is 2. The molecule has 0 radical (unpaired) electrons. The monoisotopic (exact) mass is 247 g/mol. The second-order valence-electron chi connectivity index (χ2n) is 4.03. The van der Waals surface area contributed by atoms with Crippen molar-refractivity contribution in [3.05, 3.63) is 48.6 Å². The lowest BCUT2D eigenvalue weighted by Gasteiger charge is -2.20. The molecule has 4 heteroatoms. The van der Waals surface area contributed by atoms with E-state index in [2.05, 4.69) is 0 Å². The molecule has 0 saturated heterocycles. The largest absolute Gasteiger partial charge is 0.481 e. The smallest absolute Gasteiger partial charge is 0.307 e. The molecule has 0 heterocycles. The molecule has 18 heavy (non-hydrogen) atoms. The molecule has 0 saturated carbocycles. The van der Waals surface area contributed by atoms with Crippen LogP contribution in [0.25, 0.3) is 0 Å². The maximum absolute atomic E-state index is 10.8. The summed E-state index contributed by atoms with van der Waals surface area (Å²) in [7, 11) is 0. The van der Waals surface area contributed by atoms with Crippen LogP contribution in [0.1, 0.15) is 12.8 Å². The molecule has 2 rings (SSSR count). The van der Waals surface area contributed by atoms with Gasteiger partial charge in [-0.1, -0.05) is 48.6 Å². The van der Waals surface area contributed by atoms with Gasteiger partial charge in [0, 0.05) is 0 Å². The topological polar surface area (TPSA) is 80.4 Å². The Morgan fingerprint density at radius 1 is 1.06 bits per heavy atom. The molecule has 1 aliphatic carbocycles. The number of rotatable bonds is 2. The number of carboxylic acids is 1. The Labute approximate surface area is 106 Å². The van der Waals surface area contributed by atoms with Crippen molar-refractivity contribution in [1.29, 1.82) is 0 Å². The van der Waals surface area contributed by atoms with E-state index in [1.165, 1.54) is 0 Å². The Balaban J connectivity index is 0.000000225. The second kappa shape index (κ2) is 7.27. The van der Waals surface area contributed by atoms with Crippen molar-refractivity contribution < 1.29 is 14.7 Å². The predicted octanol–water partition coefficient (Wildman–Crippen LogP) is 1.83. The molecule has 0 aromatic heterocycles. The first-order valence-electron chi connectivity index (χ1n) is 5.81. The molecule has 1 aromatic rings. The summed E-state index contributed by atoms with van der Waals surface area (Å²) < 4.78 is 0. The third kappa shape index (κ3) is 4.41. The second-order valence-corrected chi connectivity index (χ2v) is 4.03. The molecule has 0 fully saturated rings. The van der Waals surface area contributed by atoms with Crippen LogP contribution in [-0.4, -0.2) is 17.0 Å². The molecule has 2 unspecified atom stereocenters. The van der Waals surface area contributed by atoms with E-state index < -0.39 is 23.7 Å². The van der Waals surface area contributed by atoms with Crippen molar-refractivity contribution in [2.24, 2.45) is 17.6 Å². The first-order chi connectivity index (χ1) is 8.63. The quantitative estimate of drug-likeness (QED) is 0.782. The summed E-state index contributed by atoms with van der Waals surface area (Å²) in [6.45, 7) is 0. The minimum Gasteiger partial charge on any atom is -0.481 e. The first-order valence-corrected chi connectivity index (χ1v) is 5.81. The minimum atomic E-state index is -0.942. The molecule has 0 bridgehead atoms. The van der Waals surface area contributed by atoms with E-state index >= 15 is 0 Å². The van der Waals surface area contributed by atoms with Crippen molar-refractivity contribution in [2.75, 3.05) is 0 Å². The predicted molar refractivity (Wildman–Crippen MR) is 68.6 cm³/mol. The van der Waals surface area contributed by atoms with Gasteiger partial charge in [0.2, 0.25) is 5.91 Å². The van der Waals surface area contributed by atoms with Crippen molar-refractivity contribution in [3.63, 3.8) is 0 Å². The van der Waals surface area contributed by atoms with Crippen molar-refractivity contribution >= 4 is 11.9 Å². The Morgan fingerprint density at radius 3 is 1.89 bits per heavy atom. The van der Waals surface area contributed by atoms with Gasteiger partial charge >= 0.3 is 5.97 Å². The standard InChI is InChI=1S/C8H11NO3.C6H6/c9-7(10)5-3-1-2-4-6(5)8(11)12;1-2-4-6-5-3-1/h1,3,5-6H,2,4H2,(H2,9,10)(H,11,12);1-6H. The highest BCUT2D eigenvalue weighted by molar-refractivity contribution is 5.85. The summed E-state index contributed by atoms with van der Waals surface area (Å²) in [6.07, 6.45) is 4.60. The Hall–Kier alpha value is -2.10. The molecular formula is C14H17NO3. The molecule has 1 amide bonds. The zero-order chi connectivity index (χ0) is 13.4. The minimum absolute atomic E-state index is 0.499. The van der Waals surface area contributed by atoms with E-state index in [-0.39, 0.29) is 0 Å². The van der Waals surface area contributed by atoms with Crippen LogP contribution >= 0.6 is 0 Å². The Morgan fingerprint density at radius 2 is 1.56 bits per heavy atom. The number of amides is 1. The van der Waals surface area contributed by atoms with Crippen LogP contribution in [0.4, 0.5) is 0 Å². The van der Waals surface area contributed by atoms with Gasteiger partial charge in [0.05, 0.1) is 11.8 Å². The van der Waals surface area contributed by atoms with Gasteiger partial charge in [0.1, 0.15) is 0 Å². The number of aliphatic carboxylic acids is 1. The maximum Gasteiger partial charge on any atom is 0.307 e. The van der Waals surface area contributed by atoms with Crippen LogP contribution in [0.5, 0.6) is 0 Å². The van der Waals surface area contributed by atoms with Crippen molar-refractivity contribution in [2.45, 2.75) is 12.8 Å². The number of primary amides is 1. The fraction of sp³-hybridized carbons (Fsp3) is 0.286. The Bertz CT molecular complexity index is 388. The van der Waals surface area contributed by atoms with E-state index in [1.807, 2.05) is 36.4 Å². The van der Waals surface area contributed by atoms with E-state index in [9.17, 15) is 9.59 Å². The van der Waals surface area contributed by atoms with Gasteiger partial charge in [0.15, 0.2) is 0 Å². The third-order valence-electron chi connectivity index (χ3n) is 2.73. The van der Waals surface area contributed by atoms with Crippen LogP contribution in [0.15, 0.2) is 48.6 Å². The highest BCUT2D eigenvalue weighted by atomic mass is 16.4. The lowest BCUT2D eigenvalue weighted by molar-refractivity contribution is -0.146. The van der Waals surface area contributed by atoms with E-state index in [4.69, 9.17) is 10.8 Å². The zero-order valence-electron chi connectivity index (χ0n) is 10.0. The van der Waals surface area contributed by atoms with Gasteiger partial charge in [-0.2, -0.15) is 0 Å². The number of carboxylic acid groups (broad SMARTS) is 1. The van der Waals surface area contributed by atoms with Gasteiger partial charge in [-0.25, -0.2) is 0 Å². The molecule has 1 aromatic carbocycles. The number of benzene rings is 1. The lowest BCUT2D eigenvalue weighted by atomic mass is 9.83. The summed E-state index contributed by atoms with van der Waals surface area (Å²) in [5.41, 5.74) is 5.04. The number of allylic oxidation sites excluding steroid dienone is 1. The van der Waals surface area contributed by atoms with Crippen molar-refractivity contribution in [1.82, 2.24) is 0 Å². The van der Waals surface area contributed by atoms with Crippen molar-refractivity contribution in [3.8, 4) is 0 Å². The molecule has 1 aliphatic rings. The zero-order valence-corrected chi connectivity index (χ0v) is 10.0. The number of nitrogens with two attached hydrogens (primary N) is 1. The normalized spacial score (nSPS) is 21.6. The summed E-state index contributed by atoms with van der Waals surface area (Å²) in [5, 5.41) is 8.72. The van der Waals surface area contributed by atoms with Gasteiger partial charge in [-0.05, 0) is 12.8 Å². The van der Waals surface area contributed by atoms with E-state index in [0.717, 1.165) is 0 Å². The Kier molecular flexibility index (Phi) is 5.64. The van der Waals surface area contributed by atoms with E-state index in [1.54, 1.807) is 12.2 Å². The maximum atomic E-state index is 10.8. The van der Waals surface area contributed by atoms with Gasteiger partial charge < -0.3 is 10.8 Å². The molecule has 4 nitrogen and oxygen atoms in total. The first kappa shape index (κ1) is 14.0. The molecule has 0 spiro atoms. The fourth-order valence-electron chi connectivity index (χ4n) is 1.79. The number of hydrogen-bond acceptors (Lipinski definition) is 2. The fourth-order valence-corrected chi connectivity index (χ4v) is 1.79. The summed E-state index contributed by atoms with van der Waals surface area (Å²) >= 11 is 0. The molecule has 96 valence electrons. The van der Waals surface area contributed by atoms with Crippen LogP contribution in [0.3, 0.4) is 0 Å². The highest BCUT2D eigenvalue weighted by Gasteiger charge is 2.31. The van der Waals surface area contributed by atoms with Crippen LogP contribution in [-0.2, 0) is 9.59 Å². The molecule has 2 atom stereocenters.